The van der Waals surface area contributed by atoms with E-state index in [4.69, 9.17) is 4.52 Å². The maximum absolute atomic E-state index is 12.9. The first-order valence-corrected chi connectivity index (χ1v) is 7.13. The number of nitrogens with one attached hydrogen (secondary N) is 1. The Kier molecular flexibility index (Phi) is 2.88. The molecular formula is C14H14N6O2. The van der Waals surface area contributed by atoms with Crippen LogP contribution >= 0.6 is 0 Å². The third-order valence-electron chi connectivity index (χ3n) is 3.90. The standard InChI is InChI=1S/C14H14N6O2/c1-8-18-13(22-19-8)10-3-2-6-20(10)14(21)11-9-4-5-15-12(9)17-7-16-11/h4-5,7,10H,2-3,6H2,1H3,(H,15,16,17). The summed E-state index contributed by atoms with van der Waals surface area (Å²) >= 11 is 0. The van der Waals surface area contributed by atoms with Crippen molar-refractivity contribution in [3.8, 4) is 0 Å². The van der Waals surface area contributed by atoms with Gasteiger partial charge in [0.2, 0.25) is 5.89 Å². The second-order valence-electron chi connectivity index (χ2n) is 5.30. The van der Waals surface area contributed by atoms with Gasteiger partial charge >= 0.3 is 0 Å². The van der Waals surface area contributed by atoms with E-state index in [1.165, 1.54) is 6.33 Å². The van der Waals surface area contributed by atoms with E-state index in [0.717, 1.165) is 18.2 Å². The highest BCUT2D eigenvalue weighted by Gasteiger charge is 2.35. The molecular weight excluding hydrogens is 284 g/mol. The molecule has 0 bridgehead atoms. The van der Waals surface area contributed by atoms with Crippen LogP contribution in [0.5, 0.6) is 0 Å². The number of rotatable bonds is 2. The number of fused-ring (bicyclic) bond motifs is 1. The van der Waals surface area contributed by atoms with Crippen LogP contribution in [0.3, 0.4) is 0 Å². The molecule has 1 fully saturated rings. The fourth-order valence-corrected chi connectivity index (χ4v) is 2.89. The lowest BCUT2D eigenvalue weighted by Crippen LogP contribution is -2.31. The summed E-state index contributed by atoms with van der Waals surface area (Å²) < 4.78 is 5.24. The Morgan fingerprint density at radius 1 is 1.45 bits per heavy atom. The van der Waals surface area contributed by atoms with Crippen molar-refractivity contribution in [2.24, 2.45) is 0 Å². The fraction of sp³-hybridized carbons (Fsp3) is 0.357. The van der Waals surface area contributed by atoms with E-state index in [2.05, 4.69) is 25.1 Å². The fourth-order valence-electron chi connectivity index (χ4n) is 2.89. The monoisotopic (exact) mass is 298 g/mol. The third-order valence-corrected chi connectivity index (χ3v) is 3.90. The van der Waals surface area contributed by atoms with Gasteiger partial charge in [-0.25, -0.2) is 9.97 Å². The molecule has 1 saturated heterocycles. The zero-order valence-corrected chi connectivity index (χ0v) is 12.0. The average Bonchev–Trinajstić information content (AvgIpc) is 3.25. The summed E-state index contributed by atoms with van der Waals surface area (Å²) in [4.78, 5) is 30.2. The van der Waals surface area contributed by atoms with Crippen LogP contribution in [0.1, 0.15) is 41.1 Å². The smallest absolute Gasteiger partial charge is 0.273 e. The number of aromatic amines is 1. The SMILES string of the molecule is Cc1noc(C2CCCN2C(=O)c2ncnc3[nH]ccc23)n1. The lowest BCUT2D eigenvalue weighted by atomic mass is 10.2. The van der Waals surface area contributed by atoms with Crippen molar-refractivity contribution in [1.29, 1.82) is 0 Å². The molecule has 1 atom stereocenters. The second kappa shape index (κ2) is 4.90. The minimum absolute atomic E-state index is 0.134. The van der Waals surface area contributed by atoms with E-state index < -0.39 is 0 Å². The molecule has 1 aliphatic heterocycles. The van der Waals surface area contributed by atoms with Gasteiger partial charge in [-0.2, -0.15) is 4.98 Å². The second-order valence-corrected chi connectivity index (χ2v) is 5.30. The van der Waals surface area contributed by atoms with Crippen molar-refractivity contribution in [2.75, 3.05) is 6.54 Å². The van der Waals surface area contributed by atoms with Crippen molar-refractivity contribution in [2.45, 2.75) is 25.8 Å². The molecule has 1 aliphatic rings. The zero-order chi connectivity index (χ0) is 15.1. The molecule has 1 unspecified atom stereocenters. The van der Waals surface area contributed by atoms with Crippen molar-refractivity contribution < 1.29 is 9.32 Å². The molecule has 4 heterocycles. The quantitative estimate of drug-likeness (QED) is 0.771. The van der Waals surface area contributed by atoms with Crippen LogP contribution in [0.4, 0.5) is 0 Å². The van der Waals surface area contributed by atoms with Crippen LogP contribution in [0.15, 0.2) is 23.1 Å². The van der Waals surface area contributed by atoms with Crippen molar-refractivity contribution in [3.63, 3.8) is 0 Å². The number of hydrogen-bond donors (Lipinski definition) is 1. The molecule has 3 aromatic rings. The molecule has 22 heavy (non-hydrogen) atoms. The molecule has 0 spiro atoms. The van der Waals surface area contributed by atoms with Gasteiger partial charge in [-0.3, -0.25) is 4.79 Å². The summed E-state index contributed by atoms with van der Waals surface area (Å²) in [6, 6.07) is 1.63. The number of H-pyrrole nitrogens is 1. The van der Waals surface area contributed by atoms with Gasteiger partial charge in [0, 0.05) is 12.7 Å². The van der Waals surface area contributed by atoms with E-state index in [-0.39, 0.29) is 11.9 Å². The molecule has 0 aliphatic carbocycles. The number of amides is 1. The number of aryl methyl sites for hydroxylation is 1. The molecule has 0 aromatic carbocycles. The highest BCUT2D eigenvalue weighted by atomic mass is 16.5. The van der Waals surface area contributed by atoms with Gasteiger partial charge in [0.1, 0.15) is 23.7 Å². The van der Waals surface area contributed by atoms with Crippen LogP contribution in [0.2, 0.25) is 0 Å². The van der Waals surface area contributed by atoms with Gasteiger partial charge in [-0.15, -0.1) is 0 Å². The average molecular weight is 298 g/mol. The number of nitrogens with zero attached hydrogens (tertiary/aromatic N) is 5. The van der Waals surface area contributed by atoms with Crippen molar-refractivity contribution in [3.05, 3.63) is 36.0 Å². The summed E-state index contributed by atoms with van der Waals surface area (Å²) in [5.41, 5.74) is 1.05. The largest absolute Gasteiger partial charge is 0.346 e. The summed E-state index contributed by atoms with van der Waals surface area (Å²) in [5, 5.41) is 4.54. The highest BCUT2D eigenvalue weighted by Crippen LogP contribution is 2.32. The highest BCUT2D eigenvalue weighted by molar-refractivity contribution is 6.03. The van der Waals surface area contributed by atoms with Gasteiger partial charge in [0.05, 0.1) is 5.39 Å². The van der Waals surface area contributed by atoms with E-state index >= 15 is 0 Å². The number of aromatic nitrogens is 5. The molecule has 8 heteroatoms. The van der Waals surface area contributed by atoms with Crippen molar-refractivity contribution >= 4 is 16.9 Å². The lowest BCUT2D eigenvalue weighted by Gasteiger charge is -2.21. The van der Waals surface area contributed by atoms with E-state index in [1.54, 1.807) is 18.0 Å². The summed E-state index contributed by atoms with van der Waals surface area (Å²) in [5.74, 6) is 0.928. The molecule has 3 aromatic heterocycles. The number of hydrogen-bond acceptors (Lipinski definition) is 6. The topological polar surface area (TPSA) is 101 Å². The molecule has 4 rings (SSSR count). The molecule has 1 N–H and O–H groups in total. The first-order valence-electron chi connectivity index (χ1n) is 7.13. The molecule has 0 saturated carbocycles. The minimum atomic E-state index is -0.183. The van der Waals surface area contributed by atoms with Crippen LogP contribution in [0, 0.1) is 6.92 Å². The van der Waals surface area contributed by atoms with Crippen LogP contribution in [0.25, 0.3) is 11.0 Å². The van der Waals surface area contributed by atoms with Crippen LogP contribution < -0.4 is 0 Å². The Morgan fingerprint density at radius 2 is 2.36 bits per heavy atom. The van der Waals surface area contributed by atoms with Gasteiger partial charge in [-0.1, -0.05) is 5.16 Å². The summed E-state index contributed by atoms with van der Waals surface area (Å²) in [7, 11) is 0. The van der Waals surface area contributed by atoms with E-state index in [0.29, 0.717) is 29.6 Å². The van der Waals surface area contributed by atoms with Gasteiger partial charge < -0.3 is 14.4 Å². The van der Waals surface area contributed by atoms with E-state index in [9.17, 15) is 4.79 Å². The van der Waals surface area contributed by atoms with Crippen LogP contribution in [-0.2, 0) is 0 Å². The first-order chi connectivity index (χ1) is 10.7. The van der Waals surface area contributed by atoms with Crippen LogP contribution in [-0.4, -0.2) is 42.4 Å². The molecule has 1 amide bonds. The molecule has 112 valence electrons. The van der Waals surface area contributed by atoms with Gasteiger partial charge in [0.15, 0.2) is 5.82 Å². The summed E-state index contributed by atoms with van der Waals surface area (Å²) in [6.07, 6.45) is 4.86. The maximum atomic E-state index is 12.9. The third kappa shape index (κ3) is 1.95. The number of likely N-dealkylation sites (tertiary alicyclic amines) is 1. The minimum Gasteiger partial charge on any atom is -0.346 e. The zero-order valence-electron chi connectivity index (χ0n) is 12.0. The predicted molar refractivity (Wildman–Crippen MR) is 75.9 cm³/mol. The Hall–Kier alpha value is -2.77. The van der Waals surface area contributed by atoms with E-state index in [1.807, 2.05) is 6.07 Å². The Labute approximate surface area is 125 Å². The Balaban J connectivity index is 1.71. The first kappa shape index (κ1) is 12.9. The molecule has 8 nitrogen and oxygen atoms in total. The summed E-state index contributed by atoms with van der Waals surface area (Å²) in [6.45, 7) is 2.42. The lowest BCUT2D eigenvalue weighted by molar-refractivity contribution is 0.0706. The molecule has 0 radical (unpaired) electrons. The van der Waals surface area contributed by atoms with Crippen molar-refractivity contribution in [1.82, 2.24) is 30.0 Å². The normalized spacial score (nSPS) is 18.2. The predicted octanol–water partition coefficient (Wildman–Crippen LogP) is 1.63. The maximum Gasteiger partial charge on any atom is 0.273 e. The number of carbonyl (C=O) groups excluding carboxylic acids is 1. The van der Waals surface area contributed by atoms with Gasteiger partial charge in [0.25, 0.3) is 5.91 Å². The number of carbonyl (C=O) groups is 1. The van der Waals surface area contributed by atoms with Gasteiger partial charge in [-0.05, 0) is 25.8 Å². The Bertz CT molecular complexity index is 839. The Morgan fingerprint density at radius 3 is 3.18 bits per heavy atom.